The molecule has 0 bridgehead atoms. The Morgan fingerprint density at radius 3 is 2.75 bits per heavy atom. The van der Waals surface area contributed by atoms with Crippen molar-refractivity contribution in [2.24, 2.45) is 4.99 Å². The van der Waals surface area contributed by atoms with Crippen LogP contribution in [0.2, 0.25) is 0 Å². The van der Waals surface area contributed by atoms with Crippen molar-refractivity contribution in [3.63, 3.8) is 0 Å². The molecule has 1 aliphatic rings. The van der Waals surface area contributed by atoms with Crippen LogP contribution in [0.15, 0.2) is 70.3 Å². The summed E-state index contributed by atoms with van der Waals surface area (Å²) in [6.07, 6.45) is 2.68. The summed E-state index contributed by atoms with van der Waals surface area (Å²) in [4.78, 5) is 9.14. The quantitative estimate of drug-likeness (QED) is 0.510. The molecular weight excluding hydrogens is 352 g/mol. The molecule has 2 N–H and O–H groups in total. The van der Waals surface area contributed by atoms with E-state index in [0.29, 0.717) is 19.0 Å². The number of hydrogen-bond acceptors (Lipinski definition) is 4. The van der Waals surface area contributed by atoms with Crippen molar-refractivity contribution in [2.75, 3.05) is 13.1 Å². The van der Waals surface area contributed by atoms with E-state index in [1.54, 1.807) is 6.26 Å². The van der Waals surface area contributed by atoms with Gasteiger partial charge in [0.05, 0.1) is 13.1 Å². The molecule has 28 heavy (non-hydrogen) atoms. The van der Waals surface area contributed by atoms with Gasteiger partial charge in [-0.15, -0.1) is 0 Å². The van der Waals surface area contributed by atoms with Gasteiger partial charge in [-0.1, -0.05) is 36.4 Å². The standard InChI is InChI=1S/C22H24N4O2/c1-2-23-22(25-14-19-12-17-10-6-7-11-20(17)28-19)24-13-18-15-27-21(26-18)16-8-4-3-5-9-16/h3-11,15,19H,2,12-14H2,1H3,(H2,23,24,25). The van der Waals surface area contributed by atoms with E-state index in [1.807, 2.05) is 55.5 Å². The Balaban J connectivity index is 1.34. The van der Waals surface area contributed by atoms with Gasteiger partial charge in [0.25, 0.3) is 0 Å². The minimum atomic E-state index is 0.109. The third-order valence-electron chi connectivity index (χ3n) is 4.53. The number of ether oxygens (including phenoxy) is 1. The average molecular weight is 376 g/mol. The van der Waals surface area contributed by atoms with Crippen LogP contribution in [0.1, 0.15) is 18.2 Å². The van der Waals surface area contributed by atoms with Crippen molar-refractivity contribution in [3.05, 3.63) is 72.1 Å². The fourth-order valence-electron chi connectivity index (χ4n) is 3.17. The topological polar surface area (TPSA) is 71.7 Å². The third-order valence-corrected chi connectivity index (χ3v) is 4.53. The van der Waals surface area contributed by atoms with Gasteiger partial charge in [0, 0.05) is 18.5 Å². The molecule has 1 unspecified atom stereocenters. The lowest BCUT2D eigenvalue weighted by Gasteiger charge is -2.15. The Morgan fingerprint density at radius 1 is 1.11 bits per heavy atom. The zero-order chi connectivity index (χ0) is 19.2. The summed E-state index contributed by atoms with van der Waals surface area (Å²) in [5.41, 5.74) is 3.01. The van der Waals surface area contributed by atoms with E-state index in [2.05, 4.69) is 26.7 Å². The van der Waals surface area contributed by atoms with E-state index in [0.717, 1.165) is 35.9 Å². The first-order chi connectivity index (χ1) is 13.8. The molecule has 144 valence electrons. The first kappa shape index (κ1) is 18.1. The molecule has 0 amide bonds. The number of fused-ring (bicyclic) bond motifs is 1. The zero-order valence-electron chi connectivity index (χ0n) is 15.9. The van der Waals surface area contributed by atoms with E-state index in [4.69, 9.17) is 9.15 Å². The number of hydrogen-bond donors (Lipinski definition) is 2. The van der Waals surface area contributed by atoms with Crippen LogP contribution in [0.5, 0.6) is 5.75 Å². The van der Waals surface area contributed by atoms with Gasteiger partial charge in [0.15, 0.2) is 5.96 Å². The summed E-state index contributed by atoms with van der Waals surface area (Å²) in [5, 5.41) is 6.62. The molecule has 0 fully saturated rings. The number of aromatic nitrogens is 1. The number of oxazole rings is 1. The predicted molar refractivity (Wildman–Crippen MR) is 109 cm³/mol. The molecule has 4 rings (SSSR count). The van der Waals surface area contributed by atoms with E-state index in [-0.39, 0.29) is 6.10 Å². The Kier molecular flexibility index (Phi) is 5.56. The molecule has 2 heterocycles. The molecule has 0 radical (unpaired) electrons. The normalized spacial score (nSPS) is 15.8. The Morgan fingerprint density at radius 2 is 1.93 bits per heavy atom. The van der Waals surface area contributed by atoms with Gasteiger partial charge in [-0.25, -0.2) is 9.98 Å². The first-order valence-electron chi connectivity index (χ1n) is 9.58. The van der Waals surface area contributed by atoms with E-state index in [9.17, 15) is 0 Å². The van der Waals surface area contributed by atoms with Crippen molar-refractivity contribution >= 4 is 5.96 Å². The van der Waals surface area contributed by atoms with Crippen molar-refractivity contribution in [1.29, 1.82) is 0 Å². The fraction of sp³-hybridized carbons (Fsp3) is 0.273. The second-order valence-corrected chi connectivity index (χ2v) is 6.64. The van der Waals surface area contributed by atoms with Crippen LogP contribution < -0.4 is 15.4 Å². The molecule has 0 aliphatic carbocycles. The number of guanidine groups is 1. The van der Waals surface area contributed by atoms with Crippen LogP contribution >= 0.6 is 0 Å². The number of aliphatic imine (C=N–C) groups is 1. The highest BCUT2D eigenvalue weighted by atomic mass is 16.5. The predicted octanol–water partition coefficient (Wildman–Crippen LogP) is 3.40. The highest BCUT2D eigenvalue weighted by Crippen LogP contribution is 2.27. The number of benzene rings is 2. The summed E-state index contributed by atoms with van der Waals surface area (Å²) in [7, 11) is 0. The van der Waals surface area contributed by atoms with Crippen LogP contribution in [-0.2, 0) is 13.0 Å². The van der Waals surface area contributed by atoms with Crippen molar-refractivity contribution in [3.8, 4) is 17.2 Å². The smallest absolute Gasteiger partial charge is 0.226 e. The SMILES string of the molecule is CCNC(=NCc1coc(-c2ccccc2)n1)NCC1Cc2ccccc2O1. The van der Waals surface area contributed by atoms with Crippen LogP contribution in [0.25, 0.3) is 11.5 Å². The summed E-state index contributed by atoms with van der Waals surface area (Å²) in [5.74, 6) is 2.33. The minimum Gasteiger partial charge on any atom is -0.488 e. The largest absolute Gasteiger partial charge is 0.488 e. The Labute approximate surface area is 164 Å². The van der Waals surface area contributed by atoms with Crippen molar-refractivity contribution in [2.45, 2.75) is 26.0 Å². The van der Waals surface area contributed by atoms with Crippen LogP contribution in [0.4, 0.5) is 0 Å². The van der Waals surface area contributed by atoms with Crippen LogP contribution in [0.3, 0.4) is 0 Å². The maximum atomic E-state index is 5.98. The summed E-state index contributed by atoms with van der Waals surface area (Å²) in [6.45, 7) is 3.96. The molecule has 1 aromatic heterocycles. The summed E-state index contributed by atoms with van der Waals surface area (Å²) >= 11 is 0. The minimum absolute atomic E-state index is 0.109. The third kappa shape index (κ3) is 4.34. The molecule has 0 spiro atoms. The second kappa shape index (κ2) is 8.61. The van der Waals surface area contributed by atoms with Crippen molar-refractivity contribution < 1.29 is 9.15 Å². The lowest BCUT2D eigenvalue weighted by Crippen LogP contribution is -2.42. The molecule has 2 aromatic carbocycles. The Bertz CT molecular complexity index is 911. The first-order valence-corrected chi connectivity index (χ1v) is 9.58. The number of nitrogens with zero attached hydrogens (tertiary/aromatic N) is 2. The lowest BCUT2D eigenvalue weighted by molar-refractivity contribution is 0.235. The van der Waals surface area contributed by atoms with Gasteiger partial charge in [0.2, 0.25) is 5.89 Å². The van der Waals surface area contributed by atoms with Crippen molar-refractivity contribution in [1.82, 2.24) is 15.6 Å². The van der Waals surface area contributed by atoms with E-state index < -0.39 is 0 Å². The maximum Gasteiger partial charge on any atom is 0.226 e. The van der Waals surface area contributed by atoms with Gasteiger partial charge < -0.3 is 19.8 Å². The van der Waals surface area contributed by atoms with Gasteiger partial charge in [0.1, 0.15) is 23.8 Å². The molecule has 0 saturated heterocycles. The summed E-state index contributed by atoms with van der Waals surface area (Å²) in [6, 6.07) is 18.0. The lowest BCUT2D eigenvalue weighted by atomic mass is 10.1. The molecule has 1 aliphatic heterocycles. The summed E-state index contributed by atoms with van der Waals surface area (Å²) < 4.78 is 11.6. The highest BCUT2D eigenvalue weighted by Gasteiger charge is 2.22. The Hall–Kier alpha value is -3.28. The number of rotatable bonds is 6. The number of nitrogens with one attached hydrogen (secondary N) is 2. The number of para-hydroxylation sites is 1. The zero-order valence-corrected chi connectivity index (χ0v) is 15.9. The van der Waals surface area contributed by atoms with Gasteiger partial charge in [-0.05, 0) is 30.7 Å². The van der Waals surface area contributed by atoms with E-state index >= 15 is 0 Å². The van der Waals surface area contributed by atoms with Gasteiger partial charge >= 0.3 is 0 Å². The molecular formula is C22H24N4O2. The maximum absolute atomic E-state index is 5.98. The monoisotopic (exact) mass is 376 g/mol. The fourth-order valence-corrected chi connectivity index (χ4v) is 3.17. The van der Waals surface area contributed by atoms with E-state index in [1.165, 1.54) is 5.56 Å². The molecule has 1 atom stereocenters. The molecule has 6 nitrogen and oxygen atoms in total. The molecule has 0 saturated carbocycles. The van der Waals surface area contributed by atoms with Crippen LogP contribution in [0, 0.1) is 0 Å². The second-order valence-electron chi connectivity index (χ2n) is 6.64. The molecule has 3 aromatic rings. The van der Waals surface area contributed by atoms with Gasteiger partial charge in [-0.3, -0.25) is 0 Å². The van der Waals surface area contributed by atoms with Crippen LogP contribution in [-0.4, -0.2) is 30.1 Å². The van der Waals surface area contributed by atoms with Gasteiger partial charge in [-0.2, -0.15) is 0 Å². The average Bonchev–Trinajstić information content (AvgIpc) is 3.37. The molecule has 6 heteroatoms. The highest BCUT2D eigenvalue weighted by molar-refractivity contribution is 5.79.